The second kappa shape index (κ2) is 11.2. The molecule has 1 aliphatic heterocycles. The van der Waals surface area contributed by atoms with Crippen LogP contribution in [0.2, 0.25) is 0 Å². The van der Waals surface area contributed by atoms with E-state index in [0.29, 0.717) is 5.69 Å². The number of amides is 1. The second-order valence-electron chi connectivity index (χ2n) is 8.91. The van der Waals surface area contributed by atoms with Crippen LogP contribution in [-0.4, -0.2) is 74.2 Å². The summed E-state index contributed by atoms with van der Waals surface area (Å²) in [6, 6.07) is 12.2. The van der Waals surface area contributed by atoms with Gasteiger partial charge in [0.1, 0.15) is 23.6 Å². The van der Waals surface area contributed by atoms with E-state index in [4.69, 9.17) is 23.0 Å². The molecule has 37 heavy (non-hydrogen) atoms. The van der Waals surface area contributed by atoms with Crippen molar-refractivity contribution in [3.05, 3.63) is 60.6 Å². The number of hydrogen-bond acceptors (Lipinski definition) is 7. The highest BCUT2D eigenvalue weighted by Gasteiger charge is 2.26. The van der Waals surface area contributed by atoms with Gasteiger partial charge in [-0.2, -0.15) is 4.21 Å². The predicted octanol–water partition coefficient (Wildman–Crippen LogP) is 2.87. The van der Waals surface area contributed by atoms with E-state index in [1.807, 2.05) is 25.2 Å². The number of aromatic nitrogens is 2. The van der Waals surface area contributed by atoms with E-state index >= 15 is 0 Å². The van der Waals surface area contributed by atoms with Crippen LogP contribution in [0.15, 0.2) is 55.0 Å². The molecule has 4 rings (SSSR count). The number of ether oxygens (including phenoxy) is 2. The first-order valence-electron chi connectivity index (χ1n) is 11.7. The molecule has 0 bridgehead atoms. The molecule has 1 atom stereocenters. The highest BCUT2D eigenvalue weighted by molar-refractivity contribution is 7.84. The van der Waals surface area contributed by atoms with Crippen molar-refractivity contribution < 1.29 is 26.9 Å². The lowest BCUT2D eigenvalue weighted by atomic mass is 10.0. The third kappa shape index (κ3) is 6.79. The molecule has 1 fully saturated rings. The maximum absolute atomic E-state index is 13.1. The summed E-state index contributed by atoms with van der Waals surface area (Å²) in [5, 5.41) is 5.00. The minimum atomic E-state index is -3.84. The largest absolute Gasteiger partial charge is 0.535 e. The van der Waals surface area contributed by atoms with Crippen LogP contribution in [0.1, 0.15) is 18.4 Å². The number of hydrogen-bond donors (Lipinski definition) is 1. The van der Waals surface area contributed by atoms with Crippen molar-refractivity contribution in [1.82, 2.24) is 19.4 Å². The van der Waals surface area contributed by atoms with Gasteiger partial charge in [-0.1, -0.05) is 0 Å². The van der Waals surface area contributed by atoms with E-state index in [9.17, 15) is 9.00 Å². The molecular weight excluding hydrogens is 498 g/mol. The molecule has 0 aliphatic carbocycles. The normalized spacial score (nSPS) is 16.1. The molecule has 198 valence electrons. The van der Waals surface area contributed by atoms with Gasteiger partial charge in [0.05, 0.1) is 19.9 Å². The summed E-state index contributed by atoms with van der Waals surface area (Å²) in [7, 11) is 1.27. The lowest BCUT2D eigenvalue weighted by Crippen LogP contribution is -2.46. The Kier molecular flexibility index (Phi) is 8.00. The van der Waals surface area contributed by atoms with Gasteiger partial charge in [-0.3, -0.25) is 9.47 Å². The Morgan fingerprint density at radius 3 is 2.30 bits per heavy atom. The molecule has 1 aliphatic rings. The highest BCUT2D eigenvalue weighted by Crippen LogP contribution is 2.26. The Hall–Kier alpha value is -3.61. The summed E-state index contributed by atoms with van der Waals surface area (Å²) >= 11 is 0. The molecule has 0 spiro atoms. The molecule has 0 saturated carbocycles. The summed E-state index contributed by atoms with van der Waals surface area (Å²) in [6.45, 7) is 2.52. The zero-order valence-electron chi connectivity index (χ0n) is 21.1. The van der Waals surface area contributed by atoms with E-state index in [1.165, 1.54) is 23.0 Å². The van der Waals surface area contributed by atoms with Crippen molar-refractivity contribution in [3.8, 4) is 28.5 Å². The Bertz CT molecular complexity index is 1310. The number of piperidine rings is 1. The van der Waals surface area contributed by atoms with Gasteiger partial charge in [-0.15, -0.1) is 9.35 Å². The van der Waals surface area contributed by atoms with E-state index in [0.717, 1.165) is 55.1 Å². The number of imidazole rings is 1. The maximum atomic E-state index is 13.1. The van der Waals surface area contributed by atoms with Crippen molar-refractivity contribution >= 4 is 16.3 Å². The summed E-state index contributed by atoms with van der Waals surface area (Å²) in [4.78, 5) is 21.6. The standard InChI is InChI=1S/C25H31N5O6S/c1-28(20-8-10-29(11-9-20)15-18-12-22(34-2)14-23(13-18)35-3)25(31)30-16-24(27-17-30)19-4-6-21(7-5-19)36-37(26,32)33/h4-7,12-14,16-17,20H,8-11,15H2,1-3H3,(H2,26,32,33)/p+1. The fourth-order valence-corrected chi connectivity index (χ4v) is 4.80. The van der Waals surface area contributed by atoms with Gasteiger partial charge < -0.3 is 18.6 Å². The fourth-order valence-electron chi connectivity index (χ4n) is 4.41. The summed E-state index contributed by atoms with van der Waals surface area (Å²) < 4.78 is 37.3. The molecule has 11 nitrogen and oxygen atoms in total. The predicted molar refractivity (Wildman–Crippen MR) is 139 cm³/mol. The van der Waals surface area contributed by atoms with Gasteiger partial charge in [-0.05, 0) is 54.8 Å². The van der Waals surface area contributed by atoms with Gasteiger partial charge in [0.2, 0.25) is 0 Å². The molecule has 1 aromatic heterocycles. The number of rotatable bonds is 8. The fraction of sp³-hybridized carbons (Fsp3) is 0.360. The Balaban J connectivity index is 1.33. The van der Waals surface area contributed by atoms with E-state index in [2.05, 4.69) is 9.88 Å². The van der Waals surface area contributed by atoms with E-state index < -0.39 is 10.3 Å². The zero-order chi connectivity index (χ0) is 26.6. The highest BCUT2D eigenvalue weighted by atomic mass is 32.2. The number of nitrogens with two attached hydrogens (primary N) is 1. The average Bonchev–Trinajstić information content (AvgIpc) is 3.38. The summed E-state index contributed by atoms with van der Waals surface area (Å²) in [6.07, 6.45) is 4.88. The maximum Gasteiger partial charge on any atom is 0.535 e. The molecule has 0 radical (unpaired) electrons. The molecule has 2 heterocycles. The van der Waals surface area contributed by atoms with Crippen LogP contribution in [0.4, 0.5) is 4.79 Å². The van der Waals surface area contributed by atoms with Crippen molar-refractivity contribution in [2.75, 3.05) is 34.4 Å². The first kappa shape index (κ1) is 26.5. The first-order chi connectivity index (χ1) is 17.6. The number of benzene rings is 2. The van der Waals surface area contributed by atoms with E-state index in [-0.39, 0.29) is 17.8 Å². The monoisotopic (exact) mass is 530 g/mol. The molecule has 12 heteroatoms. The summed E-state index contributed by atoms with van der Waals surface area (Å²) in [5.74, 6) is 1.69. The number of likely N-dealkylation sites (tertiary alicyclic amines) is 1. The van der Waals surface area contributed by atoms with Crippen LogP contribution in [-0.2, 0) is 16.8 Å². The lowest BCUT2D eigenvalue weighted by Gasteiger charge is -2.36. The first-order valence-corrected chi connectivity index (χ1v) is 13.2. The minimum absolute atomic E-state index is 0.121. The quantitative estimate of drug-likeness (QED) is 0.443. The van der Waals surface area contributed by atoms with Gasteiger partial charge in [0.25, 0.3) is 0 Å². The average molecular weight is 531 g/mol. The Morgan fingerprint density at radius 1 is 1.11 bits per heavy atom. The molecule has 1 unspecified atom stereocenters. The van der Waals surface area contributed by atoms with Crippen LogP contribution < -0.4 is 18.8 Å². The van der Waals surface area contributed by atoms with Crippen molar-refractivity contribution in [1.29, 1.82) is 0 Å². The SMILES string of the molecule is COc1cc(CN2CCC(N(C)C(=O)n3cnc(-c4ccc(OS(N)(=O)=[OH+])cc4)c3)CC2)cc(OC)c1. The number of nitrogens with zero attached hydrogens (tertiary/aromatic N) is 4. The third-order valence-corrected chi connectivity index (χ3v) is 6.82. The molecular formula is C25H32N5O6S+. The Morgan fingerprint density at radius 2 is 1.73 bits per heavy atom. The number of methoxy groups -OCH3 is 2. The molecule has 2 aromatic carbocycles. The van der Waals surface area contributed by atoms with Crippen LogP contribution >= 0.6 is 0 Å². The molecule has 3 aromatic rings. The van der Waals surface area contributed by atoms with Crippen molar-refractivity contribution in [3.63, 3.8) is 0 Å². The topological polar surface area (TPSA) is 134 Å². The van der Waals surface area contributed by atoms with Gasteiger partial charge in [0.15, 0.2) is 0 Å². The zero-order valence-corrected chi connectivity index (χ0v) is 21.9. The van der Waals surface area contributed by atoms with Crippen LogP contribution in [0.25, 0.3) is 11.3 Å². The number of carbonyl (C=O) groups excluding carboxylic acids is 1. The van der Waals surface area contributed by atoms with Gasteiger partial charge >= 0.3 is 16.3 Å². The Labute approximate surface area is 216 Å². The smallest absolute Gasteiger partial charge is 0.497 e. The molecule has 1 saturated heterocycles. The van der Waals surface area contributed by atoms with Crippen molar-refractivity contribution in [2.45, 2.75) is 25.4 Å². The van der Waals surface area contributed by atoms with Gasteiger partial charge in [-0.25, -0.2) is 9.78 Å². The van der Waals surface area contributed by atoms with E-state index in [1.54, 1.807) is 37.4 Å². The summed E-state index contributed by atoms with van der Waals surface area (Å²) in [5.41, 5.74) is 2.44. The molecule has 1 amide bonds. The second-order valence-corrected chi connectivity index (χ2v) is 10.1. The van der Waals surface area contributed by atoms with Crippen LogP contribution in [0.3, 0.4) is 0 Å². The lowest BCUT2D eigenvalue weighted by molar-refractivity contribution is 0.131. The third-order valence-electron chi connectivity index (χ3n) is 6.39. The number of carbonyl (C=O) groups is 1. The van der Waals surface area contributed by atoms with Crippen molar-refractivity contribution in [2.24, 2.45) is 5.14 Å². The van der Waals surface area contributed by atoms with Crippen LogP contribution in [0, 0.1) is 0 Å². The van der Waals surface area contributed by atoms with Crippen LogP contribution in [0.5, 0.6) is 17.2 Å². The molecule has 3 N–H and O–H groups in total. The van der Waals surface area contributed by atoms with Gasteiger partial charge in [0, 0.05) is 50.6 Å². The minimum Gasteiger partial charge on any atom is -0.497 e.